The molecule has 0 amide bonds. The molecule has 0 saturated carbocycles. The minimum Gasteiger partial charge on any atom is -0.493 e. The number of nitrogens with two attached hydrogens (primary N) is 1. The van der Waals surface area contributed by atoms with Crippen molar-refractivity contribution in [1.29, 1.82) is 0 Å². The third-order valence-electron chi connectivity index (χ3n) is 3.02. The Morgan fingerprint density at radius 2 is 1.90 bits per heavy atom. The lowest BCUT2D eigenvalue weighted by Gasteiger charge is -2.15. The number of ether oxygens (including phenoxy) is 2. The zero-order valence-corrected chi connectivity index (χ0v) is 12.2. The molecule has 106 valence electrons. The van der Waals surface area contributed by atoms with Crippen molar-refractivity contribution in [3.63, 3.8) is 0 Å². The topological polar surface area (TPSA) is 44.5 Å². The van der Waals surface area contributed by atoms with Crippen molar-refractivity contribution >= 4 is 11.6 Å². The van der Waals surface area contributed by atoms with E-state index in [1.54, 1.807) is 13.2 Å². The molecule has 0 bridgehead atoms. The highest BCUT2D eigenvalue weighted by atomic mass is 35.5. The molecule has 0 aliphatic carbocycles. The van der Waals surface area contributed by atoms with Gasteiger partial charge in [0.25, 0.3) is 0 Å². The van der Waals surface area contributed by atoms with Gasteiger partial charge in [-0.25, -0.2) is 0 Å². The van der Waals surface area contributed by atoms with Crippen molar-refractivity contribution in [2.24, 2.45) is 5.73 Å². The van der Waals surface area contributed by atoms with E-state index in [2.05, 4.69) is 12.1 Å². The van der Waals surface area contributed by atoms with Gasteiger partial charge in [0.2, 0.25) is 0 Å². The summed E-state index contributed by atoms with van der Waals surface area (Å²) in [4.78, 5) is 0. The van der Waals surface area contributed by atoms with Gasteiger partial charge in [0.15, 0.2) is 11.5 Å². The predicted octanol–water partition coefficient (Wildman–Crippen LogP) is 3.43. The summed E-state index contributed by atoms with van der Waals surface area (Å²) < 4.78 is 11.2. The number of methoxy groups -OCH3 is 1. The maximum absolute atomic E-state index is 6.02. The summed E-state index contributed by atoms with van der Waals surface area (Å²) in [6.07, 6.45) is 0.830. The lowest BCUT2D eigenvalue weighted by atomic mass is 10.1. The smallest absolute Gasteiger partial charge is 0.165 e. The normalized spacial score (nSPS) is 10.3. The van der Waals surface area contributed by atoms with Gasteiger partial charge in [-0.15, -0.1) is 0 Å². The van der Waals surface area contributed by atoms with E-state index in [9.17, 15) is 0 Å². The molecule has 0 spiro atoms. The predicted molar refractivity (Wildman–Crippen MR) is 81.5 cm³/mol. The Hall–Kier alpha value is -1.71. The van der Waals surface area contributed by atoms with E-state index in [0.29, 0.717) is 29.7 Å². The number of halogens is 1. The Labute approximate surface area is 124 Å². The van der Waals surface area contributed by atoms with Crippen LogP contribution >= 0.6 is 11.6 Å². The van der Waals surface area contributed by atoms with Gasteiger partial charge >= 0.3 is 0 Å². The van der Waals surface area contributed by atoms with Crippen LogP contribution in [0.2, 0.25) is 5.02 Å². The average Bonchev–Trinajstić information content (AvgIpc) is 2.49. The first kappa shape index (κ1) is 14.7. The molecule has 0 saturated heterocycles. The highest BCUT2D eigenvalue weighted by molar-refractivity contribution is 6.30. The fourth-order valence-corrected chi connectivity index (χ4v) is 2.24. The van der Waals surface area contributed by atoms with Crippen LogP contribution in [-0.2, 0) is 13.0 Å². The van der Waals surface area contributed by atoms with Crippen molar-refractivity contribution in [3.8, 4) is 11.5 Å². The van der Waals surface area contributed by atoms with Crippen molar-refractivity contribution in [2.45, 2.75) is 13.0 Å². The molecule has 2 rings (SSSR count). The van der Waals surface area contributed by atoms with E-state index in [0.717, 1.165) is 12.0 Å². The molecule has 0 aliphatic heterocycles. The molecule has 0 unspecified atom stereocenters. The molecule has 2 N–H and O–H groups in total. The number of benzene rings is 2. The summed E-state index contributed by atoms with van der Waals surface area (Å²) in [5, 5.41) is 0.595. The van der Waals surface area contributed by atoms with Gasteiger partial charge in [0, 0.05) is 29.6 Å². The first-order valence-electron chi connectivity index (χ1n) is 6.47. The van der Waals surface area contributed by atoms with E-state index in [1.165, 1.54) is 5.56 Å². The summed E-state index contributed by atoms with van der Waals surface area (Å²) in [6, 6.07) is 13.7. The van der Waals surface area contributed by atoms with Crippen LogP contribution in [0.3, 0.4) is 0 Å². The second kappa shape index (κ2) is 7.17. The minimum absolute atomic E-state index is 0.359. The molecule has 4 heteroatoms. The second-order valence-corrected chi connectivity index (χ2v) is 4.82. The Balaban J connectivity index is 2.08. The van der Waals surface area contributed by atoms with E-state index in [-0.39, 0.29) is 0 Å². The molecule has 0 aliphatic rings. The van der Waals surface area contributed by atoms with Crippen molar-refractivity contribution in [1.82, 2.24) is 0 Å². The lowest BCUT2D eigenvalue weighted by Crippen LogP contribution is -2.07. The van der Waals surface area contributed by atoms with Crippen LogP contribution in [0.15, 0.2) is 42.5 Å². The molecule has 3 nitrogen and oxygen atoms in total. The lowest BCUT2D eigenvalue weighted by molar-refractivity contribution is 0.294. The standard InChI is InChI=1S/C16H18ClNO2/c1-19-15-10-14(17)9-13(11-18)16(15)20-8-7-12-5-3-2-4-6-12/h2-6,9-10H,7-8,11,18H2,1H3. The maximum Gasteiger partial charge on any atom is 0.165 e. The molecular weight excluding hydrogens is 274 g/mol. The van der Waals surface area contributed by atoms with Gasteiger partial charge < -0.3 is 15.2 Å². The first-order chi connectivity index (χ1) is 9.74. The third-order valence-corrected chi connectivity index (χ3v) is 3.23. The molecule has 0 radical (unpaired) electrons. The second-order valence-electron chi connectivity index (χ2n) is 4.38. The number of hydrogen-bond acceptors (Lipinski definition) is 3. The molecule has 0 heterocycles. The molecule has 2 aromatic rings. The van der Waals surface area contributed by atoms with E-state index < -0.39 is 0 Å². The molecular formula is C16H18ClNO2. The van der Waals surface area contributed by atoms with Crippen molar-refractivity contribution < 1.29 is 9.47 Å². The van der Waals surface area contributed by atoms with Gasteiger partial charge in [-0.2, -0.15) is 0 Å². The van der Waals surface area contributed by atoms with E-state index in [1.807, 2.05) is 24.3 Å². The van der Waals surface area contributed by atoms with Gasteiger partial charge in [-0.1, -0.05) is 41.9 Å². The van der Waals surface area contributed by atoms with Gasteiger partial charge in [0.05, 0.1) is 13.7 Å². The quantitative estimate of drug-likeness (QED) is 0.887. The Morgan fingerprint density at radius 3 is 2.55 bits per heavy atom. The SMILES string of the molecule is COc1cc(Cl)cc(CN)c1OCCc1ccccc1. The van der Waals surface area contributed by atoms with Crippen LogP contribution in [0.1, 0.15) is 11.1 Å². The Morgan fingerprint density at radius 1 is 1.15 bits per heavy atom. The summed E-state index contributed by atoms with van der Waals surface area (Å²) in [5.41, 5.74) is 7.81. The summed E-state index contributed by atoms with van der Waals surface area (Å²) in [7, 11) is 1.59. The molecule has 0 atom stereocenters. The Bertz CT molecular complexity index is 533. The van der Waals surface area contributed by atoms with Crippen LogP contribution in [0.4, 0.5) is 0 Å². The summed E-state index contributed by atoms with van der Waals surface area (Å²) in [6.45, 7) is 0.923. The van der Waals surface area contributed by atoms with Gasteiger partial charge in [-0.3, -0.25) is 0 Å². The van der Waals surface area contributed by atoms with E-state index in [4.69, 9.17) is 26.8 Å². The highest BCUT2D eigenvalue weighted by Gasteiger charge is 2.11. The fraction of sp³-hybridized carbons (Fsp3) is 0.250. The minimum atomic E-state index is 0.359. The van der Waals surface area contributed by atoms with Crippen molar-refractivity contribution in [3.05, 3.63) is 58.6 Å². The molecule has 0 fully saturated rings. The van der Waals surface area contributed by atoms with Crippen LogP contribution in [-0.4, -0.2) is 13.7 Å². The van der Waals surface area contributed by atoms with Crippen LogP contribution in [0.5, 0.6) is 11.5 Å². The molecule has 20 heavy (non-hydrogen) atoms. The molecule has 0 aromatic heterocycles. The van der Waals surface area contributed by atoms with Gasteiger partial charge in [0.1, 0.15) is 0 Å². The zero-order chi connectivity index (χ0) is 14.4. The largest absolute Gasteiger partial charge is 0.493 e. The zero-order valence-electron chi connectivity index (χ0n) is 11.4. The number of rotatable bonds is 6. The maximum atomic E-state index is 6.02. The highest BCUT2D eigenvalue weighted by Crippen LogP contribution is 2.34. The molecule has 2 aromatic carbocycles. The third kappa shape index (κ3) is 3.65. The van der Waals surface area contributed by atoms with Crippen molar-refractivity contribution in [2.75, 3.05) is 13.7 Å². The van der Waals surface area contributed by atoms with E-state index >= 15 is 0 Å². The van der Waals surface area contributed by atoms with Gasteiger partial charge in [-0.05, 0) is 11.6 Å². The monoisotopic (exact) mass is 291 g/mol. The Kier molecular flexibility index (Phi) is 5.27. The van der Waals surface area contributed by atoms with Crippen LogP contribution in [0, 0.1) is 0 Å². The number of hydrogen-bond donors (Lipinski definition) is 1. The average molecular weight is 292 g/mol. The summed E-state index contributed by atoms with van der Waals surface area (Å²) in [5.74, 6) is 1.29. The van der Waals surface area contributed by atoms with Crippen LogP contribution in [0.25, 0.3) is 0 Å². The fourth-order valence-electron chi connectivity index (χ4n) is 2.01. The van der Waals surface area contributed by atoms with Crippen LogP contribution < -0.4 is 15.2 Å². The summed E-state index contributed by atoms with van der Waals surface area (Å²) >= 11 is 6.02. The first-order valence-corrected chi connectivity index (χ1v) is 6.85.